The third-order valence-electron chi connectivity index (χ3n) is 2.72. The van der Waals surface area contributed by atoms with Crippen LogP contribution in [0.4, 0.5) is 0 Å². The summed E-state index contributed by atoms with van der Waals surface area (Å²) < 4.78 is 15.1. The number of hydrogen-bond acceptors (Lipinski definition) is 6. The second kappa shape index (κ2) is 7.59. The third kappa shape index (κ3) is 5.55. The Morgan fingerprint density at radius 2 is 1.55 bits per heavy atom. The van der Waals surface area contributed by atoms with Crippen LogP contribution in [0.15, 0.2) is 24.3 Å². The Balaban J connectivity index is 2.62. The van der Waals surface area contributed by atoms with Crippen molar-refractivity contribution in [1.29, 1.82) is 0 Å². The molecule has 1 aromatic rings. The van der Waals surface area contributed by atoms with Gasteiger partial charge in [-0.05, 0) is 38.1 Å². The van der Waals surface area contributed by atoms with E-state index < -0.39 is 11.6 Å². The van der Waals surface area contributed by atoms with E-state index in [9.17, 15) is 14.4 Å². The zero-order valence-electron chi connectivity index (χ0n) is 13.2. The molecule has 120 valence electrons. The lowest BCUT2D eigenvalue weighted by atomic mass is 9.96. The normalized spacial score (nSPS) is 10.7. The quantitative estimate of drug-likeness (QED) is 0.436. The second-order valence-electron chi connectivity index (χ2n) is 5.15. The van der Waals surface area contributed by atoms with E-state index in [0.717, 1.165) is 0 Å². The van der Waals surface area contributed by atoms with Gasteiger partial charge in [0.1, 0.15) is 19.0 Å². The summed E-state index contributed by atoms with van der Waals surface area (Å²) in [4.78, 5) is 33.9. The molecule has 1 aromatic carbocycles. The zero-order chi connectivity index (χ0) is 16.8. The van der Waals surface area contributed by atoms with Crippen molar-refractivity contribution >= 4 is 17.7 Å². The fourth-order valence-electron chi connectivity index (χ4n) is 1.80. The van der Waals surface area contributed by atoms with E-state index in [0.29, 0.717) is 11.3 Å². The van der Waals surface area contributed by atoms with Gasteiger partial charge in [0.25, 0.3) is 0 Å². The predicted molar refractivity (Wildman–Crippen MR) is 78.7 cm³/mol. The van der Waals surface area contributed by atoms with Crippen LogP contribution in [0.2, 0.25) is 0 Å². The molecule has 0 aliphatic carbocycles. The van der Waals surface area contributed by atoms with Gasteiger partial charge in [-0.25, -0.2) is 0 Å². The van der Waals surface area contributed by atoms with E-state index in [1.807, 2.05) is 0 Å². The van der Waals surface area contributed by atoms with Gasteiger partial charge < -0.3 is 14.2 Å². The molecule has 0 unspecified atom stereocenters. The first-order valence-electron chi connectivity index (χ1n) is 6.83. The van der Waals surface area contributed by atoms with Crippen LogP contribution in [0.25, 0.3) is 0 Å². The fourth-order valence-corrected chi connectivity index (χ4v) is 1.80. The first-order valence-corrected chi connectivity index (χ1v) is 6.83. The van der Waals surface area contributed by atoms with E-state index in [2.05, 4.69) is 0 Å². The van der Waals surface area contributed by atoms with Crippen LogP contribution in [0, 0.1) is 0 Å². The standard InChI is InChI=1S/C16H20O6/c1-11(17)20-9-10-21-14-7-5-13(6-8-14)15(19)16(3,4)22-12(2)18/h5-8H,9-10H2,1-4H3. The van der Waals surface area contributed by atoms with Crippen molar-refractivity contribution in [3.05, 3.63) is 29.8 Å². The molecule has 0 radical (unpaired) electrons. The summed E-state index contributed by atoms with van der Waals surface area (Å²) >= 11 is 0. The van der Waals surface area contributed by atoms with Gasteiger partial charge in [-0.2, -0.15) is 0 Å². The Bertz CT molecular complexity index is 544. The van der Waals surface area contributed by atoms with Gasteiger partial charge in [0.15, 0.2) is 5.60 Å². The minimum absolute atomic E-state index is 0.162. The molecule has 0 amide bonds. The maximum Gasteiger partial charge on any atom is 0.303 e. The molecule has 0 heterocycles. The molecule has 22 heavy (non-hydrogen) atoms. The molecule has 6 heteroatoms. The highest BCUT2D eigenvalue weighted by Crippen LogP contribution is 2.20. The predicted octanol–water partition coefficient (Wildman–Crippen LogP) is 2.15. The van der Waals surface area contributed by atoms with E-state index in [-0.39, 0.29) is 25.0 Å². The Morgan fingerprint density at radius 1 is 0.955 bits per heavy atom. The molecule has 0 bridgehead atoms. The minimum Gasteiger partial charge on any atom is -0.490 e. The summed E-state index contributed by atoms with van der Waals surface area (Å²) in [5, 5.41) is 0. The summed E-state index contributed by atoms with van der Waals surface area (Å²) in [6, 6.07) is 6.44. The lowest BCUT2D eigenvalue weighted by Gasteiger charge is -2.22. The van der Waals surface area contributed by atoms with Crippen LogP contribution in [-0.4, -0.2) is 36.5 Å². The molecule has 0 aliphatic rings. The van der Waals surface area contributed by atoms with Gasteiger partial charge in [-0.15, -0.1) is 0 Å². The highest BCUT2D eigenvalue weighted by Gasteiger charge is 2.31. The molecular weight excluding hydrogens is 288 g/mol. The van der Waals surface area contributed by atoms with Crippen LogP contribution < -0.4 is 4.74 Å². The summed E-state index contributed by atoms with van der Waals surface area (Å²) in [6.45, 7) is 6.06. The molecule has 6 nitrogen and oxygen atoms in total. The van der Waals surface area contributed by atoms with E-state index in [1.165, 1.54) is 13.8 Å². The highest BCUT2D eigenvalue weighted by atomic mass is 16.6. The monoisotopic (exact) mass is 308 g/mol. The van der Waals surface area contributed by atoms with Crippen molar-refractivity contribution in [2.75, 3.05) is 13.2 Å². The molecule has 0 N–H and O–H groups in total. The average Bonchev–Trinajstić information content (AvgIpc) is 2.42. The number of carbonyl (C=O) groups is 3. The van der Waals surface area contributed by atoms with Crippen LogP contribution in [0.5, 0.6) is 5.75 Å². The Kier molecular flexibility index (Phi) is 6.10. The minimum atomic E-state index is -1.22. The van der Waals surface area contributed by atoms with E-state index in [1.54, 1.807) is 38.1 Å². The number of hydrogen-bond donors (Lipinski definition) is 0. The summed E-state index contributed by atoms with van der Waals surface area (Å²) in [7, 11) is 0. The number of carbonyl (C=O) groups excluding carboxylic acids is 3. The SMILES string of the molecule is CC(=O)OCCOc1ccc(C(=O)C(C)(C)OC(C)=O)cc1. The fraction of sp³-hybridized carbons (Fsp3) is 0.438. The zero-order valence-corrected chi connectivity index (χ0v) is 13.2. The van der Waals surface area contributed by atoms with Crippen LogP contribution >= 0.6 is 0 Å². The van der Waals surface area contributed by atoms with Crippen molar-refractivity contribution in [2.45, 2.75) is 33.3 Å². The molecule has 0 aliphatic heterocycles. The van der Waals surface area contributed by atoms with Crippen molar-refractivity contribution in [3.63, 3.8) is 0 Å². The molecule has 0 saturated carbocycles. The smallest absolute Gasteiger partial charge is 0.303 e. The molecule has 0 aromatic heterocycles. The van der Waals surface area contributed by atoms with Crippen molar-refractivity contribution in [3.8, 4) is 5.75 Å². The Morgan fingerprint density at radius 3 is 2.05 bits per heavy atom. The number of Topliss-reactive ketones (excluding diaryl/α,β-unsaturated/α-hetero) is 1. The van der Waals surface area contributed by atoms with Gasteiger partial charge >= 0.3 is 11.9 Å². The molecule has 0 atom stereocenters. The number of benzene rings is 1. The molecule has 0 spiro atoms. The van der Waals surface area contributed by atoms with E-state index in [4.69, 9.17) is 14.2 Å². The number of ketones is 1. The van der Waals surface area contributed by atoms with Crippen LogP contribution in [-0.2, 0) is 19.1 Å². The lowest BCUT2D eigenvalue weighted by Crippen LogP contribution is -2.36. The van der Waals surface area contributed by atoms with Gasteiger partial charge in [0.2, 0.25) is 5.78 Å². The topological polar surface area (TPSA) is 78.9 Å². The van der Waals surface area contributed by atoms with Gasteiger partial charge in [-0.1, -0.05) is 0 Å². The number of ether oxygens (including phenoxy) is 3. The molecule has 1 rings (SSSR count). The Labute approximate surface area is 129 Å². The molecular formula is C16H20O6. The first kappa shape index (κ1) is 17.7. The Hall–Kier alpha value is -2.37. The van der Waals surface area contributed by atoms with Crippen molar-refractivity contribution in [1.82, 2.24) is 0 Å². The first-order chi connectivity index (χ1) is 10.2. The molecule has 0 fully saturated rings. The maximum atomic E-state index is 12.3. The maximum absolute atomic E-state index is 12.3. The summed E-state index contributed by atoms with van der Waals surface area (Å²) in [5.74, 6) is -0.621. The number of esters is 2. The molecule has 0 saturated heterocycles. The summed E-state index contributed by atoms with van der Waals surface area (Å²) in [6.07, 6.45) is 0. The summed E-state index contributed by atoms with van der Waals surface area (Å²) in [5.41, 5.74) is -0.803. The van der Waals surface area contributed by atoms with Crippen LogP contribution in [0.3, 0.4) is 0 Å². The largest absolute Gasteiger partial charge is 0.490 e. The van der Waals surface area contributed by atoms with Gasteiger partial charge in [0, 0.05) is 19.4 Å². The van der Waals surface area contributed by atoms with Gasteiger partial charge in [-0.3, -0.25) is 14.4 Å². The van der Waals surface area contributed by atoms with E-state index >= 15 is 0 Å². The van der Waals surface area contributed by atoms with Crippen molar-refractivity contribution in [2.24, 2.45) is 0 Å². The number of rotatable bonds is 7. The van der Waals surface area contributed by atoms with Crippen molar-refractivity contribution < 1.29 is 28.6 Å². The second-order valence-corrected chi connectivity index (χ2v) is 5.15. The lowest BCUT2D eigenvalue weighted by molar-refractivity contribution is -0.149. The highest BCUT2D eigenvalue weighted by molar-refractivity contribution is 6.02. The van der Waals surface area contributed by atoms with Crippen LogP contribution in [0.1, 0.15) is 38.1 Å². The average molecular weight is 308 g/mol. The third-order valence-corrected chi connectivity index (χ3v) is 2.72. The van der Waals surface area contributed by atoms with Gasteiger partial charge in [0.05, 0.1) is 0 Å².